The highest BCUT2D eigenvalue weighted by atomic mass is 16.2. The van der Waals surface area contributed by atoms with E-state index in [0.717, 1.165) is 25.7 Å². The van der Waals surface area contributed by atoms with Crippen LogP contribution in [0.15, 0.2) is 0 Å². The Morgan fingerprint density at radius 3 is 2.81 bits per heavy atom. The van der Waals surface area contributed by atoms with Gasteiger partial charge in [-0.3, -0.25) is 4.79 Å². The van der Waals surface area contributed by atoms with E-state index < -0.39 is 0 Å². The van der Waals surface area contributed by atoms with E-state index in [4.69, 9.17) is 0 Å². The van der Waals surface area contributed by atoms with E-state index >= 15 is 0 Å². The van der Waals surface area contributed by atoms with Gasteiger partial charge in [0.25, 0.3) is 0 Å². The van der Waals surface area contributed by atoms with Crippen LogP contribution in [0.3, 0.4) is 0 Å². The molecule has 2 aliphatic heterocycles. The van der Waals surface area contributed by atoms with Gasteiger partial charge in [0.15, 0.2) is 0 Å². The normalized spacial score (nSPS) is 30.1. The van der Waals surface area contributed by atoms with Gasteiger partial charge in [-0.1, -0.05) is 0 Å². The van der Waals surface area contributed by atoms with Crippen LogP contribution in [0.2, 0.25) is 0 Å². The van der Waals surface area contributed by atoms with Crippen LogP contribution in [0.4, 0.5) is 0 Å². The van der Waals surface area contributed by atoms with Crippen molar-refractivity contribution < 1.29 is 4.79 Å². The molecule has 0 aliphatic carbocycles. The van der Waals surface area contributed by atoms with Crippen molar-refractivity contribution in [2.75, 3.05) is 33.7 Å². The molecule has 0 aromatic carbocycles. The first kappa shape index (κ1) is 11.9. The van der Waals surface area contributed by atoms with Crippen molar-refractivity contribution in [3.8, 4) is 0 Å². The maximum Gasteiger partial charge on any atom is 0.223 e. The summed E-state index contributed by atoms with van der Waals surface area (Å²) in [5.41, 5.74) is 0. The van der Waals surface area contributed by atoms with Crippen LogP contribution in [-0.2, 0) is 4.79 Å². The van der Waals surface area contributed by atoms with Gasteiger partial charge in [0.05, 0.1) is 0 Å². The predicted molar refractivity (Wildman–Crippen MR) is 64.3 cm³/mol. The number of nitrogens with zero attached hydrogens (tertiary/aromatic N) is 2. The molecule has 1 N–H and O–H groups in total. The summed E-state index contributed by atoms with van der Waals surface area (Å²) < 4.78 is 0. The zero-order chi connectivity index (χ0) is 11.5. The molecule has 2 unspecified atom stereocenters. The molecule has 92 valence electrons. The molecule has 2 bridgehead atoms. The molecule has 2 rings (SSSR count). The summed E-state index contributed by atoms with van der Waals surface area (Å²) in [5, 5.41) is 3.66. The number of carbonyl (C=O) groups is 1. The number of rotatable bonds is 3. The zero-order valence-corrected chi connectivity index (χ0v) is 10.4. The van der Waals surface area contributed by atoms with Crippen molar-refractivity contribution in [3.05, 3.63) is 0 Å². The quantitative estimate of drug-likeness (QED) is 0.750. The van der Waals surface area contributed by atoms with Crippen LogP contribution >= 0.6 is 0 Å². The number of amides is 1. The number of hydrogen-bond acceptors (Lipinski definition) is 3. The molecule has 0 aromatic heterocycles. The Balaban J connectivity index is 1.76. The number of nitrogens with one attached hydrogen (secondary N) is 1. The molecule has 4 heteroatoms. The van der Waals surface area contributed by atoms with Gasteiger partial charge >= 0.3 is 0 Å². The van der Waals surface area contributed by atoms with Gasteiger partial charge < -0.3 is 15.1 Å². The summed E-state index contributed by atoms with van der Waals surface area (Å²) in [6.07, 6.45) is 4.55. The third-order valence-corrected chi connectivity index (χ3v) is 3.75. The van der Waals surface area contributed by atoms with Crippen LogP contribution in [0, 0.1) is 0 Å². The van der Waals surface area contributed by atoms with Crippen LogP contribution < -0.4 is 5.32 Å². The van der Waals surface area contributed by atoms with E-state index in [-0.39, 0.29) is 5.91 Å². The molecular formula is C12H23N3O. The molecule has 0 radical (unpaired) electrons. The maximum absolute atomic E-state index is 11.5. The second-order valence-electron chi connectivity index (χ2n) is 5.27. The summed E-state index contributed by atoms with van der Waals surface area (Å²) in [4.78, 5) is 15.6. The molecule has 0 spiro atoms. The summed E-state index contributed by atoms with van der Waals surface area (Å²) >= 11 is 0. The minimum absolute atomic E-state index is 0.238. The highest BCUT2D eigenvalue weighted by Gasteiger charge is 2.29. The van der Waals surface area contributed by atoms with Gasteiger partial charge in [-0.15, -0.1) is 0 Å². The number of fused-ring (bicyclic) bond motifs is 2. The lowest BCUT2D eigenvalue weighted by molar-refractivity contribution is -0.129. The van der Waals surface area contributed by atoms with E-state index in [0.29, 0.717) is 12.5 Å². The smallest absolute Gasteiger partial charge is 0.223 e. The number of carbonyl (C=O) groups excluding carboxylic acids is 1. The van der Waals surface area contributed by atoms with Crippen molar-refractivity contribution >= 4 is 5.91 Å². The second kappa shape index (κ2) is 5.15. The number of likely N-dealkylation sites (tertiary alicyclic amines) is 1. The lowest BCUT2D eigenvalue weighted by Crippen LogP contribution is -2.37. The Morgan fingerprint density at radius 2 is 2.06 bits per heavy atom. The van der Waals surface area contributed by atoms with E-state index in [9.17, 15) is 4.79 Å². The first-order valence-corrected chi connectivity index (χ1v) is 6.33. The monoisotopic (exact) mass is 225 g/mol. The van der Waals surface area contributed by atoms with E-state index in [1.807, 2.05) is 14.1 Å². The molecule has 2 atom stereocenters. The SMILES string of the molecule is CN(C)C(=O)CCN1CCC2CCC(C1)N2. The third kappa shape index (κ3) is 2.95. The molecule has 2 aliphatic rings. The fourth-order valence-corrected chi connectivity index (χ4v) is 2.70. The average molecular weight is 225 g/mol. The van der Waals surface area contributed by atoms with Crippen LogP contribution in [0.5, 0.6) is 0 Å². The van der Waals surface area contributed by atoms with Crippen molar-refractivity contribution in [2.24, 2.45) is 0 Å². The van der Waals surface area contributed by atoms with E-state index in [1.54, 1.807) is 4.90 Å². The van der Waals surface area contributed by atoms with Crippen molar-refractivity contribution in [1.82, 2.24) is 15.1 Å². The molecule has 2 saturated heterocycles. The summed E-state index contributed by atoms with van der Waals surface area (Å²) in [5.74, 6) is 0.238. The Bertz CT molecular complexity index is 255. The molecule has 2 fully saturated rings. The summed E-state index contributed by atoms with van der Waals surface area (Å²) in [7, 11) is 3.66. The molecule has 1 amide bonds. The number of hydrogen-bond donors (Lipinski definition) is 1. The molecular weight excluding hydrogens is 202 g/mol. The van der Waals surface area contributed by atoms with E-state index in [2.05, 4.69) is 10.2 Å². The fraction of sp³-hybridized carbons (Fsp3) is 0.917. The summed E-state index contributed by atoms with van der Waals surface area (Å²) in [6.45, 7) is 3.19. The Hall–Kier alpha value is -0.610. The zero-order valence-electron chi connectivity index (χ0n) is 10.4. The van der Waals surface area contributed by atoms with Gasteiger partial charge in [-0.2, -0.15) is 0 Å². The third-order valence-electron chi connectivity index (χ3n) is 3.75. The molecule has 0 saturated carbocycles. The first-order chi connectivity index (χ1) is 7.65. The fourth-order valence-electron chi connectivity index (χ4n) is 2.70. The van der Waals surface area contributed by atoms with Gasteiger partial charge in [0, 0.05) is 45.7 Å². The molecule has 4 nitrogen and oxygen atoms in total. The van der Waals surface area contributed by atoms with Crippen molar-refractivity contribution in [2.45, 2.75) is 37.8 Å². The first-order valence-electron chi connectivity index (χ1n) is 6.33. The highest BCUT2D eigenvalue weighted by molar-refractivity contribution is 5.75. The second-order valence-corrected chi connectivity index (χ2v) is 5.27. The predicted octanol–water partition coefficient (Wildman–Crippen LogP) is 0.291. The Labute approximate surface area is 98.0 Å². The maximum atomic E-state index is 11.5. The van der Waals surface area contributed by atoms with Crippen LogP contribution in [0.25, 0.3) is 0 Å². The molecule has 16 heavy (non-hydrogen) atoms. The standard InChI is InChI=1S/C12H23N3O/c1-14(2)12(16)6-8-15-7-5-10-3-4-11(9-15)13-10/h10-11,13H,3-9H2,1-2H3. The Morgan fingerprint density at radius 1 is 1.31 bits per heavy atom. The Kier molecular flexibility index (Phi) is 3.82. The van der Waals surface area contributed by atoms with Crippen molar-refractivity contribution in [3.63, 3.8) is 0 Å². The minimum Gasteiger partial charge on any atom is -0.349 e. The molecule has 0 aromatic rings. The average Bonchev–Trinajstić information content (AvgIpc) is 2.56. The van der Waals surface area contributed by atoms with Crippen LogP contribution in [-0.4, -0.2) is 61.5 Å². The lowest BCUT2D eigenvalue weighted by Gasteiger charge is -2.24. The van der Waals surface area contributed by atoms with E-state index in [1.165, 1.54) is 19.3 Å². The van der Waals surface area contributed by atoms with Gasteiger partial charge in [-0.05, 0) is 25.8 Å². The van der Waals surface area contributed by atoms with Gasteiger partial charge in [-0.25, -0.2) is 0 Å². The van der Waals surface area contributed by atoms with Crippen LogP contribution in [0.1, 0.15) is 25.7 Å². The van der Waals surface area contributed by atoms with Crippen molar-refractivity contribution in [1.29, 1.82) is 0 Å². The molecule has 2 heterocycles. The lowest BCUT2D eigenvalue weighted by atomic mass is 10.1. The largest absolute Gasteiger partial charge is 0.349 e. The minimum atomic E-state index is 0.238. The highest BCUT2D eigenvalue weighted by Crippen LogP contribution is 2.20. The topological polar surface area (TPSA) is 35.6 Å². The van der Waals surface area contributed by atoms with Gasteiger partial charge in [0.2, 0.25) is 5.91 Å². The van der Waals surface area contributed by atoms with Gasteiger partial charge in [0.1, 0.15) is 0 Å². The summed E-state index contributed by atoms with van der Waals surface area (Å²) in [6, 6.07) is 1.40.